The zero-order chi connectivity index (χ0) is 22.2. The maximum atomic E-state index is 13.0. The SMILES string of the molecule is Cc1ccc([N+](=O)[O-])cc1S(=O)(=O)N1CCN(C(=O)c2c(C)c(C)n[nH]c2=O)CC1. The molecule has 0 unspecified atom stereocenters. The molecule has 2 aromatic rings. The van der Waals surface area contributed by atoms with Gasteiger partial charge in [-0.3, -0.25) is 19.7 Å². The van der Waals surface area contributed by atoms with Crippen LogP contribution in [0.3, 0.4) is 0 Å². The second-order valence-corrected chi connectivity index (χ2v) is 8.95. The summed E-state index contributed by atoms with van der Waals surface area (Å²) in [6.45, 7) is 5.08. The van der Waals surface area contributed by atoms with E-state index in [0.717, 1.165) is 6.07 Å². The van der Waals surface area contributed by atoms with E-state index >= 15 is 0 Å². The number of nitrogens with one attached hydrogen (secondary N) is 1. The predicted molar refractivity (Wildman–Crippen MR) is 107 cm³/mol. The van der Waals surface area contributed by atoms with Gasteiger partial charge in [-0.05, 0) is 31.9 Å². The van der Waals surface area contributed by atoms with Gasteiger partial charge in [0.2, 0.25) is 10.0 Å². The fourth-order valence-corrected chi connectivity index (χ4v) is 4.96. The molecule has 0 atom stereocenters. The van der Waals surface area contributed by atoms with E-state index in [1.54, 1.807) is 20.8 Å². The molecule has 1 saturated heterocycles. The Morgan fingerprint density at radius 3 is 2.40 bits per heavy atom. The average Bonchev–Trinajstić information content (AvgIpc) is 2.71. The monoisotopic (exact) mass is 435 g/mol. The van der Waals surface area contributed by atoms with Crippen LogP contribution in [0.5, 0.6) is 0 Å². The van der Waals surface area contributed by atoms with Crippen molar-refractivity contribution in [2.75, 3.05) is 26.2 Å². The van der Waals surface area contributed by atoms with Gasteiger partial charge in [-0.15, -0.1) is 0 Å². The van der Waals surface area contributed by atoms with Gasteiger partial charge in [0, 0.05) is 38.3 Å². The maximum Gasteiger partial charge on any atom is 0.277 e. The fourth-order valence-electron chi connectivity index (χ4n) is 3.29. The molecular formula is C18H21N5O6S. The third-order valence-corrected chi connectivity index (χ3v) is 7.25. The molecule has 3 rings (SSSR count). The minimum atomic E-state index is -3.97. The molecule has 1 fully saturated rings. The van der Waals surface area contributed by atoms with Gasteiger partial charge in [0.1, 0.15) is 5.56 Å². The molecule has 160 valence electrons. The molecule has 30 heavy (non-hydrogen) atoms. The largest absolute Gasteiger partial charge is 0.336 e. The topological polar surface area (TPSA) is 147 Å². The van der Waals surface area contributed by atoms with Crippen LogP contribution >= 0.6 is 0 Å². The summed E-state index contributed by atoms with van der Waals surface area (Å²) in [5.74, 6) is -0.483. The molecule has 12 heteroatoms. The summed E-state index contributed by atoms with van der Waals surface area (Å²) in [6, 6.07) is 3.69. The van der Waals surface area contributed by atoms with Crippen LogP contribution < -0.4 is 5.56 Å². The number of rotatable bonds is 4. The van der Waals surface area contributed by atoms with Crippen molar-refractivity contribution >= 4 is 21.6 Å². The van der Waals surface area contributed by atoms with Crippen molar-refractivity contribution in [2.45, 2.75) is 25.7 Å². The van der Waals surface area contributed by atoms with E-state index in [-0.39, 0.29) is 42.3 Å². The number of sulfonamides is 1. The summed E-state index contributed by atoms with van der Waals surface area (Å²) < 4.78 is 27.2. The van der Waals surface area contributed by atoms with Crippen LogP contribution in [-0.2, 0) is 10.0 Å². The van der Waals surface area contributed by atoms with E-state index in [4.69, 9.17) is 0 Å². The van der Waals surface area contributed by atoms with E-state index in [2.05, 4.69) is 10.2 Å². The number of amides is 1. The highest BCUT2D eigenvalue weighted by Gasteiger charge is 2.33. The molecular weight excluding hydrogens is 414 g/mol. The number of nitrogens with zero attached hydrogens (tertiary/aromatic N) is 4. The van der Waals surface area contributed by atoms with Gasteiger partial charge in [-0.2, -0.15) is 9.40 Å². The van der Waals surface area contributed by atoms with Gasteiger partial charge in [0.05, 0.1) is 15.5 Å². The minimum Gasteiger partial charge on any atom is -0.336 e. The zero-order valence-electron chi connectivity index (χ0n) is 16.7. The normalized spacial score (nSPS) is 15.2. The van der Waals surface area contributed by atoms with Crippen LogP contribution in [0.4, 0.5) is 5.69 Å². The Bertz CT molecular complexity index is 1180. The Morgan fingerprint density at radius 1 is 1.17 bits per heavy atom. The molecule has 1 aliphatic rings. The molecule has 0 aliphatic carbocycles. The second kappa shape index (κ2) is 7.95. The summed E-state index contributed by atoms with van der Waals surface area (Å²) in [6.07, 6.45) is 0. The lowest BCUT2D eigenvalue weighted by Crippen LogP contribution is -2.51. The van der Waals surface area contributed by atoms with Crippen molar-refractivity contribution in [3.05, 3.63) is 61.1 Å². The van der Waals surface area contributed by atoms with Crippen molar-refractivity contribution in [3.63, 3.8) is 0 Å². The lowest BCUT2D eigenvalue weighted by molar-refractivity contribution is -0.385. The highest BCUT2D eigenvalue weighted by Crippen LogP contribution is 2.25. The molecule has 1 aliphatic heterocycles. The van der Waals surface area contributed by atoms with Crippen LogP contribution in [0.15, 0.2) is 27.9 Å². The molecule has 0 radical (unpaired) electrons. The summed E-state index contributed by atoms with van der Waals surface area (Å²) in [5.41, 5.74) is 0.495. The number of aryl methyl sites for hydroxylation is 2. The van der Waals surface area contributed by atoms with Crippen LogP contribution in [0, 0.1) is 30.9 Å². The highest BCUT2D eigenvalue weighted by atomic mass is 32.2. The maximum absolute atomic E-state index is 13.0. The number of aromatic amines is 1. The third-order valence-electron chi connectivity index (χ3n) is 5.21. The molecule has 0 spiro atoms. The Balaban J connectivity index is 1.81. The van der Waals surface area contributed by atoms with Gasteiger partial charge in [-0.25, -0.2) is 13.5 Å². The van der Waals surface area contributed by atoms with Crippen LogP contribution in [0.1, 0.15) is 27.2 Å². The van der Waals surface area contributed by atoms with Crippen LogP contribution in [0.25, 0.3) is 0 Å². The zero-order valence-corrected chi connectivity index (χ0v) is 17.5. The summed E-state index contributed by atoms with van der Waals surface area (Å²) >= 11 is 0. The predicted octanol–water partition coefficient (Wildman–Crippen LogP) is 0.750. The Hall–Kier alpha value is -3.12. The van der Waals surface area contributed by atoms with Crippen molar-refractivity contribution in [3.8, 4) is 0 Å². The van der Waals surface area contributed by atoms with Gasteiger partial charge in [0.25, 0.3) is 17.2 Å². The van der Waals surface area contributed by atoms with E-state index in [9.17, 15) is 28.1 Å². The lowest BCUT2D eigenvalue weighted by atomic mass is 10.1. The number of piperazine rings is 1. The van der Waals surface area contributed by atoms with E-state index in [1.165, 1.54) is 21.3 Å². The fraction of sp³-hybridized carbons (Fsp3) is 0.389. The number of carbonyl (C=O) groups is 1. The molecule has 1 amide bonds. The molecule has 0 bridgehead atoms. The molecule has 1 aromatic heterocycles. The number of nitro benzene ring substituents is 1. The number of hydrogen-bond donors (Lipinski definition) is 1. The number of carbonyl (C=O) groups excluding carboxylic acids is 1. The van der Waals surface area contributed by atoms with E-state index in [0.29, 0.717) is 16.8 Å². The summed E-state index contributed by atoms with van der Waals surface area (Å²) in [5, 5.41) is 17.1. The first-order valence-electron chi connectivity index (χ1n) is 9.14. The van der Waals surface area contributed by atoms with Gasteiger partial charge in [0.15, 0.2) is 0 Å². The van der Waals surface area contributed by atoms with E-state index < -0.39 is 26.4 Å². The Morgan fingerprint density at radius 2 is 1.80 bits per heavy atom. The average molecular weight is 435 g/mol. The first-order chi connectivity index (χ1) is 14.0. The molecule has 2 heterocycles. The Labute approximate surface area is 172 Å². The van der Waals surface area contributed by atoms with Gasteiger partial charge >= 0.3 is 0 Å². The minimum absolute atomic E-state index is 0.00617. The first kappa shape index (κ1) is 21.6. The molecule has 1 aromatic carbocycles. The number of aromatic nitrogens is 2. The van der Waals surface area contributed by atoms with Crippen molar-refractivity contribution in [2.24, 2.45) is 0 Å². The number of hydrogen-bond acceptors (Lipinski definition) is 7. The first-order valence-corrected chi connectivity index (χ1v) is 10.6. The molecule has 0 saturated carbocycles. The highest BCUT2D eigenvalue weighted by molar-refractivity contribution is 7.89. The summed E-state index contributed by atoms with van der Waals surface area (Å²) in [7, 11) is -3.97. The van der Waals surface area contributed by atoms with Gasteiger partial charge in [-0.1, -0.05) is 6.07 Å². The van der Waals surface area contributed by atoms with Gasteiger partial charge < -0.3 is 4.90 Å². The quantitative estimate of drug-likeness (QED) is 0.550. The van der Waals surface area contributed by atoms with E-state index in [1.807, 2.05) is 0 Å². The number of non-ortho nitro benzene ring substituents is 1. The lowest BCUT2D eigenvalue weighted by Gasteiger charge is -2.34. The smallest absolute Gasteiger partial charge is 0.277 e. The number of benzene rings is 1. The molecule has 1 N–H and O–H groups in total. The van der Waals surface area contributed by atoms with Crippen LogP contribution in [-0.4, -0.2) is 64.8 Å². The van der Waals surface area contributed by atoms with Crippen molar-refractivity contribution in [1.82, 2.24) is 19.4 Å². The Kier molecular flexibility index (Phi) is 5.72. The number of nitro groups is 1. The third kappa shape index (κ3) is 3.83. The van der Waals surface area contributed by atoms with Crippen molar-refractivity contribution in [1.29, 1.82) is 0 Å². The number of H-pyrrole nitrogens is 1. The molecule has 11 nitrogen and oxygen atoms in total. The van der Waals surface area contributed by atoms with Crippen molar-refractivity contribution < 1.29 is 18.1 Å². The standard InChI is InChI=1S/C18H21N5O6S/c1-11-4-5-14(23(26)27)10-15(11)30(28,29)22-8-6-21(7-9-22)18(25)16-12(2)13(3)19-20-17(16)24/h4-5,10H,6-9H2,1-3H3,(H,20,24). The summed E-state index contributed by atoms with van der Waals surface area (Å²) in [4.78, 5) is 36.6. The second-order valence-electron chi connectivity index (χ2n) is 7.04. The van der Waals surface area contributed by atoms with Crippen LogP contribution in [0.2, 0.25) is 0 Å².